The van der Waals surface area contributed by atoms with Crippen LogP contribution in [-0.4, -0.2) is 24.1 Å². The molecule has 1 aromatic rings. The van der Waals surface area contributed by atoms with Crippen molar-refractivity contribution in [2.45, 2.75) is 13.3 Å². The van der Waals surface area contributed by atoms with E-state index in [1.807, 2.05) is 19.1 Å². The molecular weight excluding hydrogens is 234 g/mol. The van der Waals surface area contributed by atoms with Crippen LogP contribution in [-0.2, 0) is 16.0 Å². The van der Waals surface area contributed by atoms with E-state index in [4.69, 9.17) is 5.11 Å². The summed E-state index contributed by atoms with van der Waals surface area (Å²) in [6, 6.07) is 6.96. The number of aliphatic hydroxyl groups excluding tert-OH is 1. The lowest BCUT2D eigenvalue weighted by Crippen LogP contribution is -2.28. The largest absolute Gasteiger partial charge is 0.513 e. The number of esters is 1. The van der Waals surface area contributed by atoms with Gasteiger partial charge < -0.3 is 15.2 Å². The number of ether oxygens (including phenoxy) is 1. The van der Waals surface area contributed by atoms with Gasteiger partial charge in [-0.2, -0.15) is 0 Å². The van der Waals surface area contributed by atoms with Gasteiger partial charge in [-0.25, -0.2) is 4.79 Å². The first-order valence-corrected chi connectivity index (χ1v) is 5.45. The molecule has 1 amide bonds. The summed E-state index contributed by atoms with van der Waals surface area (Å²) >= 11 is 0. The number of hydrogen-bond acceptors (Lipinski definition) is 4. The van der Waals surface area contributed by atoms with E-state index in [2.05, 4.69) is 10.1 Å². The number of carbonyl (C=O) groups excluding carboxylic acids is 2. The van der Waals surface area contributed by atoms with Crippen molar-refractivity contribution in [1.82, 2.24) is 5.32 Å². The zero-order valence-electron chi connectivity index (χ0n) is 10.3. The summed E-state index contributed by atoms with van der Waals surface area (Å²) < 4.78 is 4.39. The third-order valence-corrected chi connectivity index (χ3v) is 2.41. The number of methoxy groups -OCH3 is 1. The van der Waals surface area contributed by atoms with Crippen LogP contribution >= 0.6 is 0 Å². The van der Waals surface area contributed by atoms with Gasteiger partial charge >= 0.3 is 5.97 Å². The van der Waals surface area contributed by atoms with E-state index in [0.717, 1.165) is 19.1 Å². The van der Waals surface area contributed by atoms with Crippen LogP contribution < -0.4 is 5.32 Å². The smallest absolute Gasteiger partial charge is 0.357 e. The van der Waals surface area contributed by atoms with Gasteiger partial charge in [0.25, 0.3) is 5.91 Å². The maximum atomic E-state index is 11.8. The number of benzene rings is 1. The summed E-state index contributed by atoms with van der Waals surface area (Å²) in [7, 11) is 1.16. The first-order chi connectivity index (χ1) is 8.62. The molecule has 0 heterocycles. The predicted octanol–water partition coefficient (Wildman–Crippen LogP) is 1.55. The maximum absolute atomic E-state index is 11.8. The molecule has 1 rings (SSSR count). The average molecular weight is 249 g/mol. The number of rotatable bonds is 4. The molecule has 96 valence electrons. The van der Waals surface area contributed by atoms with Crippen LogP contribution in [0.5, 0.6) is 0 Å². The Balaban J connectivity index is 2.78. The number of aryl methyl sites for hydroxylation is 1. The molecule has 18 heavy (non-hydrogen) atoms. The molecule has 5 nitrogen and oxygen atoms in total. The van der Waals surface area contributed by atoms with E-state index in [0.29, 0.717) is 11.8 Å². The summed E-state index contributed by atoms with van der Waals surface area (Å²) in [5, 5.41) is 11.1. The number of nitrogens with one attached hydrogen (secondary N) is 1. The molecule has 0 bridgehead atoms. The molecule has 0 spiro atoms. The van der Waals surface area contributed by atoms with Crippen molar-refractivity contribution in [2.24, 2.45) is 0 Å². The Morgan fingerprint density at radius 2 is 1.94 bits per heavy atom. The van der Waals surface area contributed by atoms with Gasteiger partial charge in [0.1, 0.15) is 6.26 Å². The molecule has 0 aromatic heterocycles. The first kappa shape index (κ1) is 13.8. The summed E-state index contributed by atoms with van der Waals surface area (Å²) in [4.78, 5) is 22.9. The highest BCUT2D eigenvalue weighted by molar-refractivity contribution is 6.00. The molecule has 0 unspecified atom stereocenters. The minimum atomic E-state index is -0.809. The standard InChI is InChI=1S/C13H15NO4/c1-3-9-4-6-10(7-5-9)12(16)14-11(8-15)13(17)18-2/h4-8,15H,3H2,1-2H3,(H,14,16)/b11-8+. The van der Waals surface area contributed by atoms with Crippen LogP contribution in [0.3, 0.4) is 0 Å². The van der Waals surface area contributed by atoms with E-state index in [1.54, 1.807) is 12.1 Å². The number of aliphatic hydroxyl groups is 1. The van der Waals surface area contributed by atoms with Crippen molar-refractivity contribution in [2.75, 3.05) is 7.11 Å². The Morgan fingerprint density at radius 3 is 2.39 bits per heavy atom. The molecule has 0 aliphatic rings. The van der Waals surface area contributed by atoms with Gasteiger partial charge in [-0.15, -0.1) is 0 Å². The lowest BCUT2D eigenvalue weighted by atomic mass is 10.1. The average Bonchev–Trinajstić information content (AvgIpc) is 2.43. The topological polar surface area (TPSA) is 75.6 Å². The van der Waals surface area contributed by atoms with E-state index in [-0.39, 0.29) is 5.70 Å². The van der Waals surface area contributed by atoms with Crippen molar-refractivity contribution in [1.29, 1.82) is 0 Å². The number of hydrogen-bond donors (Lipinski definition) is 2. The second-order valence-electron chi connectivity index (χ2n) is 3.54. The van der Waals surface area contributed by atoms with Crippen LogP contribution in [0.2, 0.25) is 0 Å². The molecule has 0 saturated heterocycles. The van der Waals surface area contributed by atoms with E-state index >= 15 is 0 Å². The molecule has 1 aromatic carbocycles. The minimum absolute atomic E-state index is 0.304. The van der Waals surface area contributed by atoms with Gasteiger partial charge in [-0.1, -0.05) is 19.1 Å². The fraction of sp³-hybridized carbons (Fsp3) is 0.231. The maximum Gasteiger partial charge on any atom is 0.357 e. The van der Waals surface area contributed by atoms with Crippen molar-refractivity contribution in [3.63, 3.8) is 0 Å². The van der Waals surface area contributed by atoms with Crippen LogP contribution in [0.4, 0.5) is 0 Å². The van der Waals surface area contributed by atoms with Crippen molar-refractivity contribution < 1.29 is 19.4 Å². The molecule has 5 heteroatoms. The molecular formula is C13H15NO4. The quantitative estimate of drug-likeness (QED) is 0.482. The van der Waals surface area contributed by atoms with E-state index in [9.17, 15) is 9.59 Å². The van der Waals surface area contributed by atoms with Crippen molar-refractivity contribution >= 4 is 11.9 Å². The normalized spacial score (nSPS) is 10.9. The fourth-order valence-electron chi connectivity index (χ4n) is 1.33. The lowest BCUT2D eigenvalue weighted by molar-refractivity contribution is -0.136. The Hall–Kier alpha value is -2.30. The van der Waals surface area contributed by atoms with Crippen LogP contribution in [0, 0.1) is 0 Å². The summed E-state index contributed by atoms with van der Waals surface area (Å²) in [5.74, 6) is -1.29. The van der Waals surface area contributed by atoms with Gasteiger partial charge in [0, 0.05) is 5.56 Å². The Kier molecular flexibility index (Phi) is 4.92. The van der Waals surface area contributed by atoms with Gasteiger partial charge in [-0.05, 0) is 24.1 Å². The highest BCUT2D eigenvalue weighted by Crippen LogP contribution is 2.06. The van der Waals surface area contributed by atoms with Crippen molar-refractivity contribution in [3.05, 3.63) is 47.4 Å². The van der Waals surface area contributed by atoms with Gasteiger partial charge in [-0.3, -0.25) is 4.79 Å². The van der Waals surface area contributed by atoms with Crippen LogP contribution in [0.25, 0.3) is 0 Å². The molecule has 0 fully saturated rings. The summed E-state index contributed by atoms with van der Waals surface area (Å²) in [6.45, 7) is 2.01. The molecule has 0 saturated carbocycles. The van der Waals surface area contributed by atoms with E-state index < -0.39 is 11.9 Å². The minimum Gasteiger partial charge on any atom is -0.513 e. The molecule has 0 atom stereocenters. The zero-order valence-corrected chi connectivity index (χ0v) is 10.3. The molecule has 0 aliphatic heterocycles. The second-order valence-corrected chi connectivity index (χ2v) is 3.54. The third-order valence-electron chi connectivity index (χ3n) is 2.41. The highest BCUT2D eigenvalue weighted by Gasteiger charge is 2.14. The third kappa shape index (κ3) is 3.35. The lowest BCUT2D eigenvalue weighted by Gasteiger charge is -2.07. The number of carbonyl (C=O) groups is 2. The van der Waals surface area contributed by atoms with Gasteiger partial charge in [0.15, 0.2) is 5.70 Å². The first-order valence-electron chi connectivity index (χ1n) is 5.45. The Morgan fingerprint density at radius 1 is 1.33 bits per heavy atom. The zero-order chi connectivity index (χ0) is 13.5. The SMILES string of the molecule is CCc1ccc(C(=O)N/C(=C/O)C(=O)OC)cc1. The molecule has 0 aliphatic carbocycles. The second kappa shape index (κ2) is 6.44. The highest BCUT2D eigenvalue weighted by atomic mass is 16.5. The summed E-state index contributed by atoms with van der Waals surface area (Å²) in [6.07, 6.45) is 1.38. The van der Waals surface area contributed by atoms with E-state index in [1.165, 1.54) is 0 Å². The Bertz CT molecular complexity index is 462. The van der Waals surface area contributed by atoms with Crippen molar-refractivity contribution in [3.8, 4) is 0 Å². The number of amides is 1. The fourth-order valence-corrected chi connectivity index (χ4v) is 1.33. The van der Waals surface area contributed by atoms with Gasteiger partial charge in [0.05, 0.1) is 7.11 Å². The van der Waals surface area contributed by atoms with Crippen LogP contribution in [0.15, 0.2) is 36.2 Å². The molecule has 2 N–H and O–H groups in total. The summed E-state index contributed by atoms with van der Waals surface area (Å²) in [5.41, 5.74) is 1.20. The monoisotopic (exact) mass is 249 g/mol. The molecule has 0 radical (unpaired) electrons. The predicted molar refractivity (Wildman–Crippen MR) is 66.0 cm³/mol. The Labute approximate surface area is 105 Å². The van der Waals surface area contributed by atoms with Gasteiger partial charge in [0.2, 0.25) is 0 Å². The van der Waals surface area contributed by atoms with Crippen LogP contribution in [0.1, 0.15) is 22.8 Å².